The summed E-state index contributed by atoms with van der Waals surface area (Å²) in [6.07, 6.45) is 0.501. The molecule has 0 fully saturated rings. The number of rotatable bonds is 6. The van der Waals surface area contributed by atoms with Gasteiger partial charge in [-0.3, -0.25) is 4.79 Å². The Morgan fingerprint density at radius 3 is 2.68 bits per heavy atom. The highest BCUT2D eigenvalue weighted by atomic mass is 16.5. The van der Waals surface area contributed by atoms with Gasteiger partial charge in [0.15, 0.2) is 6.10 Å². The van der Waals surface area contributed by atoms with Gasteiger partial charge < -0.3 is 15.0 Å². The van der Waals surface area contributed by atoms with Gasteiger partial charge in [0.25, 0.3) is 5.91 Å². The van der Waals surface area contributed by atoms with Crippen molar-refractivity contribution in [3.8, 4) is 0 Å². The molecule has 0 spiro atoms. The van der Waals surface area contributed by atoms with Crippen molar-refractivity contribution in [2.75, 3.05) is 25.0 Å². The number of cyclic esters (lactones) is 1. The van der Waals surface area contributed by atoms with Crippen LogP contribution in [0.5, 0.6) is 0 Å². The van der Waals surface area contributed by atoms with E-state index in [1.54, 1.807) is 12.1 Å². The zero-order valence-electron chi connectivity index (χ0n) is 14.3. The van der Waals surface area contributed by atoms with Crippen molar-refractivity contribution in [2.24, 2.45) is 0 Å². The Hall–Kier alpha value is -2.82. The highest BCUT2D eigenvalue weighted by Gasteiger charge is 2.30. The number of nitrogens with one attached hydrogen (secondary N) is 1. The number of hydrogen-bond acceptors (Lipinski definition) is 4. The van der Waals surface area contributed by atoms with E-state index < -0.39 is 12.1 Å². The lowest BCUT2D eigenvalue weighted by atomic mass is 9.98. The highest BCUT2D eigenvalue weighted by molar-refractivity contribution is 5.95. The molecule has 0 aromatic heterocycles. The molecule has 0 saturated heterocycles. The molecule has 1 unspecified atom stereocenters. The normalized spacial score (nSPS) is 15.9. The van der Waals surface area contributed by atoms with E-state index in [0.717, 1.165) is 24.2 Å². The Balaban J connectivity index is 1.45. The average molecular weight is 338 g/mol. The average Bonchev–Trinajstić information content (AvgIpc) is 2.65. The fraction of sp³-hybridized carbons (Fsp3) is 0.300. The van der Waals surface area contributed by atoms with Crippen molar-refractivity contribution in [2.45, 2.75) is 18.9 Å². The van der Waals surface area contributed by atoms with Crippen LogP contribution in [0.4, 0.5) is 5.69 Å². The first kappa shape index (κ1) is 17.0. The summed E-state index contributed by atoms with van der Waals surface area (Å²) in [5.74, 6) is -0.656. The SMILES string of the molecule is CN(CCCNC(=O)C1Cc2ccccc2C(=O)O1)c1ccccc1. The van der Waals surface area contributed by atoms with Gasteiger partial charge in [0.05, 0.1) is 5.56 Å². The lowest BCUT2D eigenvalue weighted by molar-refractivity contribution is -0.130. The van der Waals surface area contributed by atoms with Crippen LogP contribution in [-0.2, 0) is 16.0 Å². The molecule has 1 aliphatic rings. The van der Waals surface area contributed by atoms with Gasteiger partial charge in [0, 0.05) is 32.2 Å². The fourth-order valence-electron chi connectivity index (χ4n) is 2.93. The van der Waals surface area contributed by atoms with E-state index in [2.05, 4.69) is 22.3 Å². The maximum atomic E-state index is 12.3. The lowest BCUT2D eigenvalue weighted by Gasteiger charge is -2.24. The largest absolute Gasteiger partial charge is 0.448 e. The third-order valence-electron chi connectivity index (χ3n) is 4.35. The molecule has 3 rings (SSSR count). The van der Waals surface area contributed by atoms with Gasteiger partial charge in [-0.15, -0.1) is 0 Å². The lowest BCUT2D eigenvalue weighted by Crippen LogP contribution is -2.42. The molecule has 1 aliphatic heterocycles. The second kappa shape index (κ2) is 7.83. The number of fused-ring (bicyclic) bond motifs is 1. The van der Waals surface area contributed by atoms with E-state index in [1.807, 2.05) is 37.4 Å². The number of esters is 1. The first-order chi connectivity index (χ1) is 12.1. The minimum Gasteiger partial charge on any atom is -0.448 e. The Morgan fingerprint density at radius 2 is 1.88 bits per heavy atom. The molecular weight excluding hydrogens is 316 g/mol. The third-order valence-corrected chi connectivity index (χ3v) is 4.35. The minimum absolute atomic E-state index is 0.231. The van der Waals surface area contributed by atoms with E-state index in [9.17, 15) is 9.59 Å². The summed E-state index contributed by atoms with van der Waals surface area (Å²) in [4.78, 5) is 26.4. The molecule has 25 heavy (non-hydrogen) atoms. The Bertz CT molecular complexity index is 746. The maximum absolute atomic E-state index is 12.3. The van der Waals surface area contributed by atoms with E-state index in [4.69, 9.17) is 4.74 Å². The number of carbonyl (C=O) groups excluding carboxylic acids is 2. The van der Waals surface area contributed by atoms with Crippen molar-refractivity contribution in [3.05, 3.63) is 65.7 Å². The van der Waals surface area contributed by atoms with Crippen LogP contribution in [0.15, 0.2) is 54.6 Å². The molecule has 1 atom stereocenters. The minimum atomic E-state index is -0.741. The summed E-state index contributed by atoms with van der Waals surface area (Å²) in [6.45, 7) is 1.38. The second-order valence-corrected chi connectivity index (χ2v) is 6.16. The summed E-state index contributed by atoms with van der Waals surface area (Å²) in [7, 11) is 2.02. The van der Waals surface area contributed by atoms with Gasteiger partial charge in [-0.25, -0.2) is 4.79 Å². The second-order valence-electron chi connectivity index (χ2n) is 6.16. The van der Waals surface area contributed by atoms with Crippen molar-refractivity contribution >= 4 is 17.6 Å². The molecule has 5 heteroatoms. The van der Waals surface area contributed by atoms with Gasteiger partial charge in [0.1, 0.15) is 0 Å². The zero-order valence-corrected chi connectivity index (χ0v) is 14.3. The van der Waals surface area contributed by atoms with Gasteiger partial charge in [0.2, 0.25) is 0 Å². The highest BCUT2D eigenvalue weighted by Crippen LogP contribution is 2.20. The molecule has 1 N–H and O–H groups in total. The number of benzene rings is 2. The number of carbonyl (C=O) groups is 2. The smallest absolute Gasteiger partial charge is 0.339 e. The maximum Gasteiger partial charge on any atom is 0.339 e. The predicted molar refractivity (Wildman–Crippen MR) is 96.7 cm³/mol. The van der Waals surface area contributed by atoms with E-state index in [1.165, 1.54) is 0 Å². The first-order valence-corrected chi connectivity index (χ1v) is 8.48. The van der Waals surface area contributed by atoms with Gasteiger partial charge >= 0.3 is 5.97 Å². The Morgan fingerprint density at radius 1 is 1.16 bits per heavy atom. The van der Waals surface area contributed by atoms with Crippen LogP contribution in [0.3, 0.4) is 0 Å². The summed E-state index contributed by atoms with van der Waals surface area (Å²) in [6, 6.07) is 17.4. The van der Waals surface area contributed by atoms with Gasteiger partial charge in [-0.2, -0.15) is 0 Å². The van der Waals surface area contributed by atoms with Crippen LogP contribution < -0.4 is 10.2 Å². The predicted octanol–water partition coefficient (Wildman–Crippen LogP) is 2.41. The third kappa shape index (κ3) is 4.18. The molecule has 0 bridgehead atoms. The molecule has 2 aromatic carbocycles. The monoisotopic (exact) mass is 338 g/mol. The van der Waals surface area contributed by atoms with Crippen LogP contribution in [0, 0.1) is 0 Å². The topological polar surface area (TPSA) is 58.6 Å². The molecule has 1 heterocycles. The van der Waals surface area contributed by atoms with Crippen molar-refractivity contribution in [1.82, 2.24) is 5.32 Å². The van der Waals surface area contributed by atoms with Gasteiger partial charge in [-0.1, -0.05) is 36.4 Å². The molecule has 0 saturated carbocycles. The van der Waals surface area contributed by atoms with Gasteiger partial charge in [-0.05, 0) is 30.2 Å². The van der Waals surface area contributed by atoms with Crippen molar-refractivity contribution in [1.29, 1.82) is 0 Å². The quantitative estimate of drug-likeness (QED) is 0.649. The molecule has 2 aromatic rings. The number of ether oxygens (including phenoxy) is 1. The number of amides is 1. The van der Waals surface area contributed by atoms with Crippen LogP contribution in [-0.4, -0.2) is 38.1 Å². The summed E-state index contributed by atoms with van der Waals surface area (Å²) in [5.41, 5.74) is 2.56. The molecule has 5 nitrogen and oxygen atoms in total. The molecule has 0 radical (unpaired) electrons. The van der Waals surface area contributed by atoms with Crippen LogP contribution in [0.25, 0.3) is 0 Å². The van der Waals surface area contributed by atoms with Crippen LogP contribution >= 0.6 is 0 Å². The number of nitrogens with zero attached hydrogens (tertiary/aromatic N) is 1. The number of anilines is 1. The summed E-state index contributed by atoms with van der Waals surface area (Å²) >= 11 is 0. The summed E-state index contributed by atoms with van der Waals surface area (Å²) in [5, 5.41) is 2.87. The number of para-hydroxylation sites is 1. The Kier molecular flexibility index (Phi) is 5.33. The van der Waals surface area contributed by atoms with E-state index in [-0.39, 0.29) is 5.91 Å². The number of hydrogen-bond donors (Lipinski definition) is 1. The molecule has 130 valence electrons. The molecule has 1 amide bonds. The van der Waals surface area contributed by atoms with Crippen molar-refractivity contribution in [3.63, 3.8) is 0 Å². The Labute approximate surface area is 147 Å². The van der Waals surface area contributed by atoms with Crippen LogP contribution in [0.2, 0.25) is 0 Å². The van der Waals surface area contributed by atoms with E-state index >= 15 is 0 Å². The summed E-state index contributed by atoms with van der Waals surface area (Å²) < 4.78 is 5.26. The van der Waals surface area contributed by atoms with E-state index in [0.29, 0.717) is 18.5 Å². The molecular formula is C20H22N2O3. The van der Waals surface area contributed by atoms with Crippen molar-refractivity contribution < 1.29 is 14.3 Å². The molecule has 0 aliphatic carbocycles. The standard InChI is InChI=1S/C20H22N2O3/c1-22(16-9-3-2-4-10-16)13-7-12-21-19(23)18-14-15-8-5-6-11-17(15)20(24)25-18/h2-6,8-11,18H,7,12-14H2,1H3,(H,21,23). The van der Waals surface area contributed by atoms with Crippen LogP contribution in [0.1, 0.15) is 22.3 Å². The zero-order chi connectivity index (χ0) is 17.6. The fourth-order valence-corrected chi connectivity index (χ4v) is 2.93. The first-order valence-electron chi connectivity index (χ1n) is 8.48.